The number of benzene rings is 9. The molecule has 9 aromatic carbocycles. The van der Waals surface area contributed by atoms with Gasteiger partial charge < -0.3 is 0 Å². The number of hydrogen-bond donors (Lipinski definition) is 0. The van der Waals surface area contributed by atoms with E-state index in [9.17, 15) is 0 Å². The van der Waals surface area contributed by atoms with Gasteiger partial charge in [-0.05, 0) is 107 Å². The number of para-hydroxylation sites is 2. The van der Waals surface area contributed by atoms with Crippen molar-refractivity contribution in [2.24, 2.45) is 0 Å². The van der Waals surface area contributed by atoms with Crippen molar-refractivity contribution in [3.8, 4) is 44.6 Å². The summed E-state index contributed by atoms with van der Waals surface area (Å²) in [5.41, 5.74) is 11.0. The van der Waals surface area contributed by atoms with E-state index in [1.807, 2.05) is 30.5 Å². The Hall–Kier alpha value is -6.64. The second-order valence-corrected chi connectivity index (χ2v) is 13.0. The van der Waals surface area contributed by atoms with Gasteiger partial charge in [0.1, 0.15) is 0 Å². The summed E-state index contributed by atoms with van der Waals surface area (Å²) in [5.74, 6) is 0. The molecule has 2 nitrogen and oxygen atoms in total. The minimum atomic E-state index is 0.874. The topological polar surface area (TPSA) is 25.8 Å². The minimum Gasteiger partial charge on any atom is -0.252 e. The van der Waals surface area contributed by atoms with Crippen LogP contribution in [0.2, 0.25) is 0 Å². The van der Waals surface area contributed by atoms with Crippen LogP contribution in [0.25, 0.3) is 98.8 Å². The van der Waals surface area contributed by atoms with E-state index in [0.717, 1.165) is 27.9 Å². The maximum absolute atomic E-state index is 4.88. The predicted octanol–water partition coefficient (Wildman–Crippen LogP) is 12.9. The molecule has 0 aliphatic carbocycles. The zero-order valence-corrected chi connectivity index (χ0v) is 27.2. The van der Waals surface area contributed by atoms with Crippen LogP contribution in [0.5, 0.6) is 0 Å². The van der Waals surface area contributed by atoms with Crippen LogP contribution in [-0.2, 0) is 0 Å². The van der Waals surface area contributed by atoms with Gasteiger partial charge in [0.15, 0.2) is 0 Å². The fraction of sp³-hybridized carbons (Fsp3) is 0. The Morgan fingerprint density at radius 3 is 1.44 bits per heavy atom. The van der Waals surface area contributed by atoms with Gasteiger partial charge in [-0.15, -0.1) is 0 Å². The molecule has 10 rings (SSSR count). The van der Waals surface area contributed by atoms with Gasteiger partial charge in [0, 0.05) is 5.56 Å². The van der Waals surface area contributed by atoms with E-state index >= 15 is 0 Å². The first-order valence-electron chi connectivity index (χ1n) is 17.1. The van der Waals surface area contributed by atoms with Crippen LogP contribution in [0.1, 0.15) is 0 Å². The molecule has 0 saturated carbocycles. The van der Waals surface area contributed by atoms with E-state index in [-0.39, 0.29) is 0 Å². The van der Waals surface area contributed by atoms with Gasteiger partial charge in [0.25, 0.3) is 0 Å². The van der Waals surface area contributed by atoms with E-state index in [1.165, 1.54) is 70.9 Å². The molecule has 0 aliphatic heterocycles. The third-order valence-electron chi connectivity index (χ3n) is 10.1. The third-order valence-corrected chi connectivity index (χ3v) is 10.1. The molecule has 10 aromatic rings. The van der Waals surface area contributed by atoms with Crippen LogP contribution in [0, 0.1) is 0 Å². The van der Waals surface area contributed by atoms with Gasteiger partial charge in [-0.3, -0.25) is 4.98 Å². The summed E-state index contributed by atoms with van der Waals surface area (Å²) in [7, 11) is 0. The lowest BCUT2D eigenvalue weighted by Gasteiger charge is -2.19. The minimum absolute atomic E-state index is 0.874. The highest BCUT2D eigenvalue weighted by molar-refractivity contribution is 6.22. The monoisotopic (exact) mass is 634 g/mol. The number of aromatic nitrogens is 2. The van der Waals surface area contributed by atoms with Crippen LogP contribution in [0.4, 0.5) is 0 Å². The van der Waals surface area contributed by atoms with Crippen molar-refractivity contribution in [2.75, 3.05) is 0 Å². The van der Waals surface area contributed by atoms with Crippen molar-refractivity contribution in [3.63, 3.8) is 0 Å². The Bertz CT molecular complexity index is 2920. The summed E-state index contributed by atoms with van der Waals surface area (Å²) < 4.78 is 0. The Kier molecular flexibility index (Phi) is 6.53. The molecule has 0 unspecified atom stereocenters. The molecule has 0 aliphatic rings. The summed E-state index contributed by atoms with van der Waals surface area (Å²) in [4.78, 5) is 9.52. The lowest BCUT2D eigenvalue weighted by Crippen LogP contribution is -1.92. The van der Waals surface area contributed by atoms with Gasteiger partial charge in [0.2, 0.25) is 0 Å². The summed E-state index contributed by atoms with van der Waals surface area (Å²) in [6.07, 6.45) is 1.86. The van der Waals surface area contributed by atoms with Crippen LogP contribution in [-0.4, -0.2) is 9.97 Å². The molecule has 0 radical (unpaired) electrons. The zero-order valence-electron chi connectivity index (χ0n) is 27.2. The first-order chi connectivity index (χ1) is 24.8. The SMILES string of the molecule is c1ccc2cc(-c3c4ccccc4c(-c4ccc5ccccc5c4)c4cc(-c5ccc(-c6cnc7ccccc7n6)cc5)ccc34)ccc2c1. The fourth-order valence-electron chi connectivity index (χ4n) is 7.60. The molecule has 2 heteroatoms. The van der Waals surface area contributed by atoms with Crippen LogP contribution < -0.4 is 0 Å². The van der Waals surface area contributed by atoms with Gasteiger partial charge in [-0.1, -0.05) is 146 Å². The Labute approximate surface area is 290 Å². The van der Waals surface area contributed by atoms with Gasteiger partial charge >= 0.3 is 0 Å². The highest BCUT2D eigenvalue weighted by atomic mass is 14.8. The largest absolute Gasteiger partial charge is 0.252 e. The standard InChI is InChI=1S/C48H30N2/c1-3-11-35-27-38(23-19-31(35)9-1)47-40-13-5-6-14-41(40)48(39-24-20-32-10-2-4-12-36(32)28-39)43-29-37(25-26-42(43)47)33-17-21-34(22-18-33)46-30-49-44-15-7-8-16-45(44)50-46/h1-30H. The first kappa shape index (κ1) is 28.4. The summed E-state index contributed by atoms with van der Waals surface area (Å²) >= 11 is 0. The average Bonchev–Trinajstić information content (AvgIpc) is 3.19. The lowest BCUT2D eigenvalue weighted by molar-refractivity contribution is 1.29. The number of rotatable bonds is 4. The maximum atomic E-state index is 4.88. The van der Waals surface area contributed by atoms with Crippen molar-refractivity contribution in [3.05, 3.63) is 182 Å². The predicted molar refractivity (Wildman–Crippen MR) is 211 cm³/mol. The molecular weight excluding hydrogens is 605 g/mol. The van der Waals surface area contributed by atoms with Crippen LogP contribution in [0.15, 0.2) is 182 Å². The maximum Gasteiger partial charge on any atom is 0.0894 e. The van der Waals surface area contributed by atoms with E-state index in [2.05, 4.69) is 157 Å². The zero-order chi connectivity index (χ0) is 33.0. The molecule has 0 fully saturated rings. The van der Waals surface area contributed by atoms with Crippen molar-refractivity contribution < 1.29 is 0 Å². The van der Waals surface area contributed by atoms with Crippen molar-refractivity contribution >= 4 is 54.1 Å². The molecule has 0 spiro atoms. The van der Waals surface area contributed by atoms with Crippen molar-refractivity contribution in [1.82, 2.24) is 9.97 Å². The van der Waals surface area contributed by atoms with E-state index in [1.54, 1.807) is 0 Å². The molecule has 50 heavy (non-hydrogen) atoms. The molecular formula is C48H30N2. The van der Waals surface area contributed by atoms with Gasteiger partial charge in [-0.25, -0.2) is 4.98 Å². The van der Waals surface area contributed by atoms with Crippen LogP contribution >= 0.6 is 0 Å². The molecule has 232 valence electrons. The van der Waals surface area contributed by atoms with Gasteiger partial charge in [-0.2, -0.15) is 0 Å². The molecule has 0 atom stereocenters. The van der Waals surface area contributed by atoms with Gasteiger partial charge in [0.05, 0.1) is 22.9 Å². The Balaban J connectivity index is 1.20. The lowest BCUT2D eigenvalue weighted by atomic mass is 9.84. The number of fused-ring (bicyclic) bond motifs is 5. The first-order valence-corrected chi connectivity index (χ1v) is 17.1. The molecule has 0 amide bonds. The fourth-order valence-corrected chi connectivity index (χ4v) is 7.60. The molecule has 0 N–H and O–H groups in total. The molecule has 1 heterocycles. The molecule has 0 bridgehead atoms. The summed E-state index contributed by atoms with van der Waals surface area (Å²) in [6.45, 7) is 0. The third kappa shape index (κ3) is 4.73. The second-order valence-electron chi connectivity index (χ2n) is 13.0. The van der Waals surface area contributed by atoms with E-state index in [0.29, 0.717) is 0 Å². The molecule has 1 aromatic heterocycles. The van der Waals surface area contributed by atoms with E-state index in [4.69, 9.17) is 4.98 Å². The smallest absolute Gasteiger partial charge is 0.0894 e. The van der Waals surface area contributed by atoms with Crippen molar-refractivity contribution in [2.45, 2.75) is 0 Å². The summed E-state index contributed by atoms with van der Waals surface area (Å²) in [6, 6.07) is 63.6. The number of nitrogens with zero attached hydrogens (tertiary/aromatic N) is 2. The quantitative estimate of drug-likeness (QED) is 0.180. The molecule has 0 saturated heterocycles. The second kappa shape index (κ2) is 11.5. The summed E-state index contributed by atoms with van der Waals surface area (Å²) in [5, 5.41) is 9.97. The Morgan fingerprint density at radius 1 is 0.300 bits per heavy atom. The average molecular weight is 635 g/mol. The normalized spacial score (nSPS) is 11.6. The highest BCUT2D eigenvalue weighted by Gasteiger charge is 2.18. The number of hydrogen-bond acceptors (Lipinski definition) is 2. The Morgan fingerprint density at radius 2 is 0.780 bits per heavy atom. The highest BCUT2D eigenvalue weighted by Crippen LogP contribution is 2.45. The van der Waals surface area contributed by atoms with Crippen LogP contribution in [0.3, 0.4) is 0 Å². The van der Waals surface area contributed by atoms with E-state index < -0.39 is 0 Å². The van der Waals surface area contributed by atoms with Crippen molar-refractivity contribution in [1.29, 1.82) is 0 Å².